The van der Waals surface area contributed by atoms with E-state index >= 15 is 0 Å². The minimum atomic E-state index is -0.693. The molecule has 110 valence electrons. The van der Waals surface area contributed by atoms with Crippen LogP contribution in [-0.2, 0) is 11.3 Å². The zero-order valence-electron chi connectivity index (χ0n) is 11.6. The molecule has 1 saturated carbocycles. The van der Waals surface area contributed by atoms with Crippen molar-refractivity contribution in [3.8, 4) is 11.5 Å². The number of ether oxygens (including phenoxy) is 1. The van der Waals surface area contributed by atoms with Gasteiger partial charge in [-0.3, -0.25) is 4.79 Å². The molecule has 5 nitrogen and oxygen atoms in total. The van der Waals surface area contributed by atoms with E-state index in [2.05, 4.69) is 5.32 Å². The topological polar surface area (TPSA) is 78.8 Å². The van der Waals surface area contributed by atoms with Gasteiger partial charge in [-0.1, -0.05) is 12.5 Å². The predicted octanol–water partition coefficient (Wildman–Crippen LogP) is 1.99. The highest BCUT2D eigenvalue weighted by atomic mass is 16.5. The number of phenolic OH excluding ortho intramolecular Hbond substituents is 1. The lowest BCUT2D eigenvalue weighted by Crippen LogP contribution is -2.28. The number of carbonyl (C=O) groups is 1. The van der Waals surface area contributed by atoms with Gasteiger partial charge in [0.1, 0.15) is 11.5 Å². The van der Waals surface area contributed by atoms with Gasteiger partial charge in [0.25, 0.3) is 0 Å². The average Bonchev–Trinajstić information content (AvgIpc) is 2.89. The highest BCUT2D eigenvalue weighted by molar-refractivity contribution is 5.70. The van der Waals surface area contributed by atoms with Crippen LogP contribution in [0.4, 0.5) is 0 Å². The second-order valence-electron chi connectivity index (χ2n) is 5.26. The first-order valence-corrected chi connectivity index (χ1v) is 6.91. The second kappa shape index (κ2) is 6.61. The SMILES string of the molecule is COc1ccc(CNCC2CCCC2C(=O)O)c(O)c1. The Hall–Kier alpha value is -1.75. The van der Waals surface area contributed by atoms with E-state index in [0.29, 0.717) is 18.8 Å². The van der Waals surface area contributed by atoms with Crippen LogP contribution >= 0.6 is 0 Å². The van der Waals surface area contributed by atoms with Crippen LogP contribution in [0.1, 0.15) is 24.8 Å². The first-order valence-electron chi connectivity index (χ1n) is 6.91. The Morgan fingerprint density at radius 1 is 1.45 bits per heavy atom. The van der Waals surface area contributed by atoms with Gasteiger partial charge in [0.2, 0.25) is 0 Å². The summed E-state index contributed by atoms with van der Waals surface area (Å²) >= 11 is 0. The van der Waals surface area contributed by atoms with E-state index < -0.39 is 5.97 Å². The number of aromatic hydroxyl groups is 1. The van der Waals surface area contributed by atoms with Crippen molar-refractivity contribution in [3.05, 3.63) is 23.8 Å². The summed E-state index contributed by atoms with van der Waals surface area (Å²) in [6, 6.07) is 5.18. The summed E-state index contributed by atoms with van der Waals surface area (Å²) in [4.78, 5) is 11.1. The Morgan fingerprint density at radius 2 is 2.25 bits per heavy atom. The number of hydrogen-bond donors (Lipinski definition) is 3. The van der Waals surface area contributed by atoms with Crippen molar-refractivity contribution in [1.29, 1.82) is 0 Å². The Labute approximate surface area is 118 Å². The van der Waals surface area contributed by atoms with Gasteiger partial charge in [0, 0.05) is 18.2 Å². The van der Waals surface area contributed by atoms with Gasteiger partial charge in [-0.25, -0.2) is 0 Å². The Bertz CT molecular complexity index is 475. The molecule has 3 N–H and O–H groups in total. The number of carboxylic acids is 1. The summed E-state index contributed by atoms with van der Waals surface area (Å²) in [7, 11) is 1.55. The summed E-state index contributed by atoms with van der Waals surface area (Å²) in [5, 5.41) is 22.2. The molecule has 0 saturated heterocycles. The van der Waals surface area contributed by atoms with Crippen molar-refractivity contribution in [2.24, 2.45) is 11.8 Å². The van der Waals surface area contributed by atoms with Gasteiger partial charge in [0.15, 0.2) is 0 Å². The molecule has 0 radical (unpaired) electrons. The van der Waals surface area contributed by atoms with Crippen LogP contribution in [0.15, 0.2) is 18.2 Å². The number of nitrogens with one attached hydrogen (secondary N) is 1. The van der Waals surface area contributed by atoms with Crippen LogP contribution in [0.25, 0.3) is 0 Å². The third kappa shape index (κ3) is 3.42. The minimum Gasteiger partial charge on any atom is -0.507 e. The van der Waals surface area contributed by atoms with Crippen molar-refractivity contribution >= 4 is 5.97 Å². The normalized spacial score (nSPS) is 21.9. The first kappa shape index (κ1) is 14.7. The van der Waals surface area contributed by atoms with E-state index in [1.165, 1.54) is 0 Å². The lowest BCUT2D eigenvalue weighted by molar-refractivity contribution is -0.142. The maximum Gasteiger partial charge on any atom is 0.306 e. The summed E-state index contributed by atoms with van der Waals surface area (Å²) in [6.07, 6.45) is 2.71. The van der Waals surface area contributed by atoms with Gasteiger partial charge >= 0.3 is 5.97 Å². The van der Waals surface area contributed by atoms with E-state index in [1.54, 1.807) is 19.2 Å². The number of phenols is 1. The standard InChI is InChI=1S/C15H21NO4/c1-20-12-6-5-11(14(17)7-12)9-16-8-10-3-2-4-13(10)15(18)19/h5-7,10,13,16-17H,2-4,8-9H2,1H3,(H,18,19). The fourth-order valence-electron chi connectivity index (χ4n) is 2.82. The third-order valence-corrected chi connectivity index (χ3v) is 3.99. The zero-order valence-corrected chi connectivity index (χ0v) is 11.6. The number of methoxy groups -OCH3 is 1. The van der Waals surface area contributed by atoms with Crippen molar-refractivity contribution < 1.29 is 19.7 Å². The lowest BCUT2D eigenvalue weighted by atomic mass is 9.96. The van der Waals surface area contributed by atoms with Crippen molar-refractivity contribution in [2.75, 3.05) is 13.7 Å². The zero-order chi connectivity index (χ0) is 14.5. The van der Waals surface area contributed by atoms with E-state index in [-0.39, 0.29) is 17.6 Å². The van der Waals surface area contributed by atoms with Gasteiger partial charge in [-0.05, 0) is 31.4 Å². The highest BCUT2D eigenvalue weighted by Crippen LogP contribution is 2.31. The Kier molecular flexibility index (Phi) is 4.84. The Balaban J connectivity index is 1.85. The first-order chi connectivity index (χ1) is 9.61. The van der Waals surface area contributed by atoms with Gasteiger partial charge in [-0.15, -0.1) is 0 Å². The number of aliphatic carboxylic acids is 1. The molecule has 0 aromatic heterocycles. The molecule has 1 aromatic carbocycles. The molecule has 0 spiro atoms. The molecule has 2 atom stereocenters. The largest absolute Gasteiger partial charge is 0.507 e. The third-order valence-electron chi connectivity index (χ3n) is 3.99. The maximum atomic E-state index is 11.1. The van der Waals surface area contributed by atoms with E-state index in [0.717, 1.165) is 24.8 Å². The van der Waals surface area contributed by atoms with Crippen LogP contribution in [-0.4, -0.2) is 29.8 Å². The number of benzene rings is 1. The van der Waals surface area contributed by atoms with Crippen LogP contribution in [0.5, 0.6) is 11.5 Å². The van der Waals surface area contributed by atoms with Gasteiger partial charge in [-0.2, -0.15) is 0 Å². The number of rotatable bonds is 6. The predicted molar refractivity (Wildman–Crippen MR) is 74.8 cm³/mol. The summed E-state index contributed by atoms with van der Waals surface area (Å²) < 4.78 is 5.03. The number of carboxylic acid groups (broad SMARTS) is 1. The molecule has 0 heterocycles. The summed E-state index contributed by atoms with van der Waals surface area (Å²) in [6.45, 7) is 1.20. The molecule has 1 fully saturated rings. The fourth-order valence-corrected chi connectivity index (χ4v) is 2.82. The average molecular weight is 279 g/mol. The maximum absolute atomic E-state index is 11.1. The van der Waals surface area contributed by atoms with Crippen molar-refractivity contribution in [1.82, 2.24) is 5.32 Å². The van der Waals surface area contributed by atoms with Gasteiger partial charge < -0.3 is 20.3 Å². The summed E-state index contributed by atoms with van der Waals surface area (Å²) in [5.74, 6) is 0.0764. The fraction of sp³-hybridized carbons (Fsp3) is 0.533. The molecule has 0 amide bonds. The van der Waals surface area contributed by atoms with Crippen molar-refractivity contribution in [2.45, 2.75) is 25.8 Å². The second-order valence-corrected chi connectivity index (χ2v) is 5.26. The molecule has 0 bridgehead atoms. The van der Waals surface area contributed by atoms with E-state index in [9.17, 15) is 9.90 Å². The Morgan fingerprint density at radius 3 is 2.90 bits per heavy atom. The smallest absolute Gasteiger partial charge is 0.306 e. The molecule has 2 rings (SSSR count). The summed E-state index contributed by atoms with van der Waals surface area (Å²) in [5.41, 5.74) is 0.788. The molecule has 0 aliphatic heterocycles. The molecule has 2 unspecified atom stereocenters. The van der Waals surface area contributed by atoms with Crippen LogP contribution in [0.2, 0.25) is 0 Å². The van der Waals surface area contributed by atoms with Crippen LogP contribution in [0.3, 0.4) is 0 Å². The monoisotopic (exact) mass is 279 g/mol. The van der Waals surface area contributed by atoms with E-state index in [1.807, 2.05) is 6.07 Å². The quantitative estimate of drug-likeness (QED) is 0.742. The molecule has 1 aromatic rings. The molecule has 1 aliphatic carbocycles. The molecular weight excluding hydrogens is 258 g/mol. The van der Waals surface area contributed by atoms with Gasteiger partial charge in [0.05, 0.1) is 13.0 Å². The lowest BCUT2D eigenvalue weighted by Gasteiger charge is -2.16. The molecular formula is C15H21NO4. The highest BCUT2D eigenvalue weighted by Gasteiger charge is 2.32. The minimum absolute atomic E-state index is 0.188. The van der Waals surface area contributed by atoms with Crippen molar-refractivity contribution in [3.63, 3.8) is 0 Å². The van der Waals surface area contributed by atoms with Crippen LogP contribution in [0, 0.1) is 11.8 Å². The van der Waals surface area contributed by atoms with Crippen LogP contribution < -0.4 is 10.1 Å². The number of hydrogen-bond acceptors (Lipinski definition) is 4. The van der Waals surface area contributed by atoms with E-state index in [4.69, 9.17) is 9.84 Å². The molecule has 1 aliphatic rings. The molecule has 20 heavy (non-hydrogen) atoms. The molecule has 5 heteroatoms.